The fraction of sp³-hybridized carbons (Fsp3) is 0.500. The van der Waals surface area contributed by atoms with Gasteiger partial charge in [0.1, 0.15) is 6.54 Å². The Morgan fingerprint density at radius 1 is 1.45 bits per heavy atom. The maximum Gasteiger partial charge on any atom is 0.328 e. The third kappa shape index (κ3) is 5.51. The van der Waals surface area contributed by atoms with Crippen LogP contribution in [0.2, 0.25) is 0 Å². The number of amides is 1. The van der Waals surface area contributed by atoms with Gasteiger partial charge in [0, 0.05) is 24.7 Å². The number of aliphatic carboxylic acids is 1. The number of carboxylic acids is 1. The quantitative estimate of drug-likeness (QED) is 0.610. The first kappa shape index (κ1) is 15.7. The molecule has 1 amide bonds. The van der Waals surface area contributed by atoms with Crippen molar-refractivity contribution in [3.05, 3.63) is 33.1 Å². The molecule has 110 valence electrons. The molecule has 8 heteroatoms. The van der Waals surface area contributed by atoms with Crippen molar-refractivity contribution in [2.75, 3.05) is 0 Å². The first-order valence-corrected chi connectivity index (χ1v) is 6.19. The molecule has 0 aliphatic heterocycles. The fourth-order valence-electron chi connectivity index (χ4n) is 1.68. The lowest BCUT2D eigenvalue weighted by Gasteiger charge is -2.13. The zero-order chi connectivity index (χ0) is 15.1. The third-order valence-corrected chi connectivity index (χ3v) is 2.65. The van der Waals surface area contributed by atoms with Crippen LogP contribution >= 0.6 is 0 Å². The normalized spacial score (nSPS) is 11.8. The molecule has 20 heavy (non-hydrogen) atoms. The number of nitrogens with one attached hydrogen (secondary N) is 2. The van der Waals surface area contributed by atoms with Crippen LogP contribution in [0.25, 0.3) is 0 Å². The average Bonchev–Trinajstić information content (AvgIpc) is 2.32. The Balaban J connectivity index is 2.45. The number of aromatic nitrogens is 2. The van der Waals surface area contributed by atoms with Crippen LogP contribution in [0.4, 0.5) is 0 Å². The summed E-state index contributed by atoms with van der Waals surface area (Å²) in [5.74, 6) is -1.25. The molecule has 1 heterocycles. The summed E-state index contributed by atoms with van der Waals surface area (Å²) in [5, 5.41) is 11.2. The maximum atomic E-state index is 11.7. The van der Waals surface area contributed by atoms with E-state index < -0.39 is 17.2 Å². The number of H-pyrrole nitrogens is 1. The first-order valence-electron chi connectivity index (χ1n) is 6.19. The number of carbonyl (C=O) groups is 2. The summed E-state index contributed by atoms with van der Waals surface area (Å²) < 4.78 is 1.08. The molecule has 8 nitrogen and oxygen atoms in total. The number of rotatable bonds is 7. The van der Waals surface area contributed by atoms with Crippen LogP contribution in [0.15, 0.2) is 21.9 Å². The SMILES string of the molecule is CC(CCCC(=O)O)NC(=O)Cn1ccc(=O)[nH]c1=O. The topological polar surface area (TPSA) is 121 Å². The molecule has 0 aromatic carbocycles. The van der Waals surface area contributed by atoms with Crippen LogP contribution in [-0.2, 0) is 16.1 Å². The van der Waals surface area contributed by atoms with Crippen LogP contribution in [0.1, 0.15) is 26.2 Å². The maximum absolute atomic E-state index is 11.7. The van der Waals surface area contributed by atoms with Gasteiger partial charge in [0.05, 0.1) is 0 Å². The van der Waals surface area contributed by atoms with Crippen molar-refractivity contribution >= 4 is 11.9 Å². The molecule has 0 spiro atoms. The number of nitrogens with zero attached hydrogens (tertiary/aromatic N) is 1. The molecule has 0 saturated carbocycles. The highest BCUT2D eigenvalue weighted by atomic mass is 16.4. The Labute approximate surface area is 114 Å². The van der Waals surface area contributed by atoms with Gasteiger partial charge in [-0.15, -0.1) is 0 Å². The summed E-state index contributed by atoms with van der Waals surface area (Å²) in [5.41, 5.74) is -1.17. The zero-order valence-corrected chi connectivity index (χ0v) is 11.1. The van der Waals surface area contributed by atoms with Gasteiger partial charge in [0.25, 0.3) is 5.56 Å². The molecule has 0 aliphatic carbocycles. The smallest absolute Gasteiger partial charge is 0.328 e. The van der Waals surface area contributed by atoms with Crippen molar-refractivity contribution in [3.8, 4) is 0 Å². The molecular weight excluding hydrogens is 266 g/mol. The predicted molar refractivity (Wildman–Crippen MR) is 70.4 cm³/mol. The highest BCUT2D eigenvalue weighted by molar-refractivity contribution is 5.76. The number of carbonyl (C=O) groups excluding carboxylic acids is 1. The summed E-state index contributed by atoms with van der Waals surface area (Å²) in [4.78, 5) is 46.3. The molecule has 1 aromatic rings. The largest absolute Gasteiger partial charge is 0.481 e. The molecule has 0 saturated heterocycles. The van der Waals surface area contributed by atoms with Crippen molar-refractivity contribution in [2.45, 2.75) is 38.8 Å². The molecule has 3 N–H and O–H groups in total. The minimum Gasteiger partial charge on any atom is -0.481 e. The van der Waals surface area contributed by atoms with Gasteiger partial charge in [0.15, 0.2) is 0 Å². The lowest BCUT2D eigenvalue weighted by molar-refractivity contribution is -0.137. The van der Waals surface area contributed by atoms with E-state index in [1.165, 1.54) is 6.20 Å². The molecule has 1 unspecified atom stereocenters. The lowest BCUT2D eigenvalue weighted by Crippen LogP contribution is -2.39. The van der Waals surface area contributed by atoms with Crippen molar-refractivity contribution < 1.29 is 14.7 Å². The van der Waals surface area contributed by atoms with E-state index in [4.69, 9.17) is 5.11 Å². The van der Waals surface area contributed by atoms with E-state index in [0.29, 0.717) is 12.8 Å². The Bertz CT molecular complexity index is 589. The lowest BCUT2D eigenvalue weighted by atomic mass is 10.1. The number of hydrogen-bond acceptors (Lipinski definition) is 4. The molecule has 1 atom stereocenters. The van der Waals surface area contributed by atoms with E-state index in [0.717, 1.165) is 10.6 Å². The van der Waals surface area contributed by atoms with Crippen molar-refractivity contribution in [1.29, 1.82) is 0 Å². The molecule has 0 radical (unpaired) electrons. The second kappa shape index (κ2) is 7.27. The van der Waals surface area contributed by atoms with E-state index >= 15 is 0 Å². The van der Waals surface area contributed by atoms with E-state index in [-0.39, 0.29) is 24.9 Å². The van der Waals surface area contributed by atoms with Gasteiger partial charge in [-0.05, 0) is 19.8 Å². The van der Waals surface area contributed by atoms with Crippen LogP contribution < -0.4 is 16.6 Å². The van der Waals surface area contributed by atoms with E-state index in [1.54, 1.807) is 6.92 Å². The predicted octanol–water partition coefficient (Wildman–Crippen LogP) is -0.704. The molecule has 0 bridgehead atoms. The second-order valence-electron chi connectivity index (χ2n) is 4.49. The molecule has 1 aromatic heterocycles. The third-order valence-electron chi connectivity index (χ3n) is 2.65. The highest BCUT2D eigenvalue weighted by Gasteiger charge is 2.09. The Kier molecular flexibility index (Phi) is 5.70. The van der Waals surface area contributed by atoms with Crippen LogP contribution in [0.3, 0.4) is 0 Å². The number of aromatic amines is 1. The van der Waals surface area contributed by atoms with Crippen LogP contribution in [0.5, 0.6) is 0 Å². The van der Waals surface area contributed by atoms with Gasteiger partial charge in [-0.3, -0.25) is 23.9 Å². The van der Waals surface area contributed by atoms with Crippen LogP contribution in [0, 0.1) is 0 Å². The molecule has 1 rings (SSSR count). The van der Waals surface area contributed by atoms with E-state index in [1.807, 2.05) is 0 Å². The summed E-state index contributed by atoms with van der Waals surface area (Å²) in [6, 6.07) is 0.977. The minimum atomic E-state index is -0.872. The van der Waals surface area contributed by atoms with Gasteiger partial charge in [0.2, 0.25) is 5.91 Å². The Morgan fingerprint density at radius 3 is 2.75 bits per heavy atom. The standard InChI is InChI=1S/C12H17N3O5/c1-8(3-2-4-11(18)19)13-10(17)7-15-6-5-9(16)14-12(15)20/h5-6,8H,2-4,7H2,1H3,(H,13,17)(H,18,19)(H,14,16,20). The zero-order valence-electron chi connectivity index (χ0n) is 11.1. The van der Waals surface area contributed by atoms with Gasteiger partial charge in [-0.2, -0.15) is 0 Å². The van der Waals surface area contributed by atoms with Crippen molar-refractivity contribution in [1.82, 2.24) is 14.9 Å². The first-order chi connectivity index (χ1) is 9.38. The van der Waals surface area contributed by atoms with Gasteiger partial charge in [-0.1, -0.05) is 0 Å². The van der Waals surface area contributed by atoms with Gasteiger partial charge >= 0.3 is 11.7 Å². The average molecular weight is 283 g/mol. The minimum absolute atomic E-state index is 0.0551. The Morgan fingerprint density at radius 2 is 2.15 bits per heavy atom. The Hall–Kier alpha value is -2.38. The summed E-state index contributed by atoms with van der Waals surface area (Å²) in [6.45, 7) is 1.56. The van der Waals surface area contributed by atoms with Crippen molar-refractivity contribution in [3.63, 3.8) is 0 Å². The number of hydrogen-bond donors (Lipinski definition) is 3. The second-order valence-corrected chi connectivity index (χ2v) is 4.49. The van der Waals surface area contributed by atoms with E-state index in [9.17, 15) is 19.2 Å². The monoisotopic (exact) mass is 283 g/mol. The molecule has 0 fully saturated rings. The van der Waals surface area contributed by atoms with Crippen LogP contribution in [-0.4, -0.2) is 32.6 Å². The summed E-state index contributed by atoms with van der Waals surface area (Å²) >= 11 is 0. The molecular formula is C12H17N3O5. The van der Waals surface area contributed by atoms with Gasteiger partial charge in [-0.25, -0.2) is 4.79 Å². The summed E-state index contributed by atoms with van der Waals surface area (Å²) in [7, 11) is 0. The number of carboxylic acid groups (broad SMARTS) is 1. The van der Waals surface area contributed by atoms with Crippen molar-refractivity contribution in [2.24, 2.45) is 0 Å². The summed E-state index contributed by atoms with van der Waals surface area (Å²) in [6.07, 6.45) is 2.31. The highest BCUT2D eigenvalue weighted by Crippen LogP contribution is 2.00. The fourth-order valence-corrected chi connectivity index (χ4v) is 1.68. The van der Waals surface area contributed by atoms with E-state index in [2.05, 4.69) is 10.3 Å². The van der Waals surface area contributed by atoms with Gasteiger partial charge < -0.3 is 10.4 Å². The molecule has 0 aliphatic rings.